The van der Waals surface area contributed by atoms with Crippen molar-refractivity contribution in [3.8, 4) is 5.69 Å². The first-order valence-corrected chi connectivity index (χ1v) is 6.56. The lowest BCUT2D eigenvalue weighted by molar-refractivity contribution is 0.376. The van der Waals surface area contributed by atoms with Crippen molar-refractivity contribution in [3.63, 3.8) is 0 Å². The van der Waals surface area contributed by atoms with Crippen LogP contribution in [0.25, 0.3) is 5.69 Å². The summed E-state index contributed by atoms with van der Waals surface area (Å²) in [6.07, 6.45) is 7.10. The van der Waals surface area contributed by atoms with E-state index in [1.165, 1.54) is 31.4 Å². The van der Waals surface area contributed by atoms with E-state index in [2.05, 4.69) is 39.7 Å². The first-order chi connectivity index (χ1) is 8.92. The summed E-state index contributed by atoms with van der Waals surface area (Å²) in [6, 6.07) is 8.62. The topological polar surface area (TPSA) is 42.7 Å². The van der Waals surface area contributed by atoms with Gasteiger partial charge in [0.15, 0.2) is 0 Å². The van der Waals surface area contributed by atoms with Gasteiger partial charge in [-0.3, -0.25) is 0 Å². The van der Waals surface area contributed by atoms with Crippen LogP contribution in [0.1, 0.15) is 18.4 Å². The first-order valence-electron chi connectivity index (χ1n) is 6.56. The van der Waals surface area contributed by atoms with E-state index in [1.807, 2.05) is 0 Å². The molecular formula is C14H18N4. The fourth-order valence-corrected chi connectivity index (χ4v) is 2.56. The van der Waals surface area contributed by atoms with Crippen LogP contribution in [0, 0.1) is 5.92 Å². The lowest BCUT2D eigenvalue weighted by Gasteiger charge is -2.22. The molecule has 18 heavy (non-hydrogen) atoms. The molecule has 3 rings (SSSR count). The van der Waals surface area contributed by atoms with Crippen molar-refractivity contribution in [2.45, 2.75) is 19.3 Å². The zero-order chi connectivity index (χ0) is 12.2. The molecule has 1 unspecified atom stereocenters. The van der Waals surface area contributed by atoms with Crippen molar-refractivity contribution in [1.29, 1.82) is 0 Å². The maximum absolute atomic E-state index is 4.13. The van der Waals surface area contributed by atoms with Gasteiger partial charge in [0.1, 0.15) is 12.7 Å². The van der Waals surface area contributed by atoms with Crippen LogP contribution in [0.5, 0.6) is 0 Å². The van der Waals surface area contributed by atoms with Gasteiger partial charge >= 0.3 is 0 Å². The number of piperidine rings is 1. The molecule has 0 bridgehead atoms. The molecule has 1 fully saturated rings. The Morgan fingerprint density at radius 2 is 2.17 bits per heavy atom. The zero-order valence-corrected chi connectivity index (χ0v) is 10.4. The highest BCUT2D eigenvalue weighted by molar-refractivity contribution is 5.33. The molecule has 0 radical (unpaired) electrons. The molecule has 0 aliphatic carbocycles. The third-order valence-corrected chi connectivity index (χ3v) is 3.54. The molecule has 94 valence electrons. The molecule has 2 aromatic rings. The molecule has 1 N–H and O–H groups in total. The lowest BCUT2D eigenvalue weighted by atomic mass is 9.92. The summed E-state index contributed by atoms with van der Waals surface area (Å²) in [5, 5.41) is 7.59. The quantitative estimate of drug-likeness (QED) is 0.892. The van der Waals surface area contributed by atoms with Crippen molar-refractivity contribution in [3.05, 3.63) is 42.5 Å². The molecular weight excluding hydrogens is 224 g/mol. The van der Waals surface area contributed by atoms with Gasteiger partial charge in [0.05, 0.1) is 5.69 Å². The minimum absolute atomic E-state index is 0.788. The van der Waals surface area contributed by atoms with Crippen LogP contribution in [0.2, 0.25) is 0 Å². The lowest BCUT2D eigenvalue weighted by Crippen LogP contribution is -2.30. The monoisotopic (exact) mass is 242 g/mol. The Balaban J connectivity index is 1.67. The van der Waals surface area contributed by atoms with Crippen molar-refractivity contribution >= 4 is 0 Å². The number of aromatic nitrogens is 3. The molecule has 1 aromatic heterocycles. The molecule has 4 nitrogen and oxygen atoms in total. The molecule has 1 aromatic carbocycles. The van der Waals surface area contributed by atoms with Gasteiger partial charge in [-0.05, 0) is 56.0 Å². The number of rotatable bonds is 3. The van der Waals surface area contributed by atoms with E-state index < -0.39 is 0 Å². The van der Waals surface area contributed by atoms with Crippen molar-refractivity contribution in [1.82, 2.24) is 20.1 Å². The van der Waals surface area contributed by atoms with E-state index in [4.69, 9.17) is 0 Å². The van der Waals surface area contributed by atoms with Gasteiger partial charge in [0.2, 0.25) is 0 Å². The fourth-order valence-electron chi connectivity index (χ4n) is 2.56. The van der Waals surface area contributed by atoms with Crippen LogP contribution < -0.4 is 5.32 Å². The van der Waals surface area contributed by atoms with Crippen LogP contribution in [0.15, 0.2) is 36.9 Å². The second-order valence-electron chi connectivity index (χ2n) is 4.92. The number of benzene rings is 1. The van der Waals surface area contributed by atoms with Crippen molar-refractivity contribution in [2.24, 2.45) is 5.92 Å². The zero-order valence-electron chi connectivity index (χ0n) is 10.4. The van der Waals surface area contributed by atoms with E-state index in [1.54, 1.807) is 17.3 Å². The highest BCUT2D eigenvalue weighted by Gasteiger charge is 2.13. The highest BCUT2D eigenvalue weighted by Crippen LogP contribution is 2.17. The van der Waals surface area contributed by atoms with Crippen LogP contribution >= 0.6 is 0 Å². The van der Waals surface area contributed by atoms with Crippen molar-refractivity contribution < 1.29 is 0 Å². The largest absolute Gasteiger partial charge is 0.316 e. The summed E-state index contributed by atoms with van der Waals surface area (Å²) < 4.78 is 1.78. The van der Waals surface area contributed by atoms with Gasteiger partial charge < -0.3 is 5.32 Å². The smallest absolute Gasteiger partial charge is 0.138 e. The number of hydrogen-bond acceptors (Lipinski definition) is 3. The summed E-state index contributed by atoms with van der Waals surface area (Å²) in [5.74, 6) is 0.788. The molecule has 0 amide bonds. The van der Waals surface area contributed by atoms with E-state index in [0.29, 0.717) is 0 Å². The minimum atomic E-state index is 0.788. The van der Waals surface area contributed by atoms with E-state index in [9.17, 15) is 0 Å². The van der Waals surface area contributed by atoms with Crippen LogP contribution in [0.4, 0.5) is 0 Å². The van der Waals surface area contributed by atoms with Crippen LogP contribution in [-0.2, 0) is 6.42 Å². The summed E-state index contributed by atoms with van der Waals surface area (Å²) in [5.41, 5.74) is 2.48. The van der Waals surface area contributed by atoms with E-state index >= 15 is 0 Å². The second-order valence-corrected chi connectivity index (χ2v) is 4.92. The predicted molar refractivity (Wildman–Crippen MR) is 70.7 cm³/mol. The Morgan fingerprint density at radius 3 is 2.83 bits per heavy atom. The SMILES string of the molecule is c1ncn(-c2ccc(CC3CCCNC3)cc2)n1. The average Bonchev–Trinajstić information content (AvgIpc) is 2.95. The number of nitrogens with zero attached hydrogens (tertiary/aromatic N) is 3. The molecule has 1 aliphatic heterocycles. The summed E-state index contributed by atoms with van der Waals surface area (Å²) in [6.45, 7) is 2.34. The second kappa shape index (κ2) is 5.31. The first kappa shape index (κ1) is 11.4. The fraction of sp³-hybridized carbons (Fsp3) is 0.429. The van der Waals surface area contributed by atoms with Gasteiger partial charge in [-0.15, -0.1) is 0 Å². The summed E-state index contributed by atoms with van der Waals surface area (Å²) in [7, 11) is 0. The van der Waals surface area contributed by atoms with E-state index in [-0.39, 0.29) is 0 Å². The normalized spacial score (nSPS) is 19.9. The van der Waals surface area contributed by atoms with Crippen LogP contribution in [-0.4, -0.2) is 27.9 Å². The standard InChI is InChI=1S/C14H18N4/c1-2-13(9-15-7-1)8-12-3-5-14(6-4-12)18-11-16-10-17-18/h3-6,10-11,13,15H,1-2,7-9H2. The molecule has 1 saturated heterocycles. The van der Waals surface area contributed by atoms with Gasteiger partial charge in [-0.25, -0.2) is 9.67 Å². The summed E-state index contributed by atoms with van der Waals surface area (Å²) >= 11 is 0. The summed E-state index contributed by atoms with van der Waals surface area (Å²) in [4.78, 5) is 3.96. The Bertz CT molecular complexity index is 469. The van der Waals surface area contributed by atoms with Crippen LogP contribution in [0.3, 0.4) is 0 Å². The third-order valence-electron chi connectivity index (χ3n) is 3.54. The van der Waals surface area contributed by atoms with Gasteiger partial charge in [0.25, 0.3) is 0 Å². The van der Waals surface area contributed by atoms with E-state index in [0.717, 1.165) is 18.2 Å². The minimum Gasteiger partial charge on any atom is -0.316 e. The molecule has 4 heteroatoms. The molecule has 0 saturated carbocycles. The Hall–Kier alpha value is -1.68. The molecule has 0 spiro atoms. The Morgan fingerprint density at radius 1 is 1.28 bits per heavy atom. The van der Waals surface area contributed by atoms with Gasteiger partial charge in [-0.2, -0.15) is 5.10 Å². The van der Waals surface area contributed by atoms with Gasteiger partial charge in [-0.1, -0.05) is 12.1 Å². The van der Waals surface area contributed by atoms with Crippen molar-refractivity contribution in [2.75, 3.05) is 13.1 Å². The Labute approximate surface area is 107 Å². The highest BCUT2D eigenvalue weighted by atomic mass is 15.3. The number of hydrogen-bond donors (Lipinski definition) is 1. The maximum Gasteiger partial charge on any atom is 0.138 e. The average molecular weight is 242 g/mol. The predicted octanol–water partition coefficient (Wildman–Crippen LogP) is 1.81. The maximum atomic E-state index is 4.13. The van der Waals surface area contributed by atoms with Gasteiger partial charge in [0, 0.05) is 0 Å². The third kappa shape index (κ3) is 2.59. The molecule has 1 atom stereocenters. The number of nitrogens with one attached hydrogen (secondary N) is 1. The molecule has 1 aliphatic rings. The molecule has 2 heterocycles. The Kier molecular flexibility index (Phi) is 3.37.